The van der Waals surface area contributed by atoms with E-state index in [0.717, 1.165) is 27.5 Å². The zero-order valence-electron chi connectivity index (χ0n) is 15.8. The molecule has 2 nitrogen and oxygen atoms in total. The van der Waals surface area contributed by atoms with Crippen LogP contribution in [0.4, 0.5) is 0 Å². The number of rotatable bonds is 5. The van der Waals surface area contributed by atoms with E-state index < -0.39 is 0 Å². The van der Waals surface area contributed by atoms with Gasteiger partial charge in [0.2, 0.25) is 0 Å². The minimum atomic E-state index is 0.125. The summed E-state index contributed by atoms with van der Waals surface area (Å²) in [6.07, 6.45) is 0. The van der Waals surface area contributed by atoms with Gasteiger partial charge in [-0.15, -0.1) is 11.8 Å². The molecule has 27 heavy (non-hydrogen) atoms. The van der Waals surface area contributed by atoms with E-state index in [1.54, 1.807) is 17.8 Å². The van der Waals surface area contributed by atoms with Crippen molar-refractivity contribution in [3.63, 3.8) is 0 Å². The van der Waals surface area contributed by atoms with Crippen molar-refractivity contribution in [2.45, 2.75) is 32.6 Å². The van der Waals surface area contributed by atoms with E-state index in [4.69, 9.17) is 23.2 Å². The summed E-state index contributed by atoms with van der Waals surface area (Å²) in [5.74, 6) is 0.538. The highest BCUT2D eigenvalue weighted by Crippen LogP contribution is 2.29. The monoisotopic (exact) mass is 417 g/mol. The van der Waals surface area contributed by atoms with Crippen LogP contribution in [0.5, 0.6) is 0 Å². The molecular formula is C22H21Cl2NOS. The summed E-state index contributed by atoms with van der Waals surface area (Å²) in [6.45, 7) is 8.09. The molecule has 0 aliphatic carbocycles. The number of carbonyl (C=O) groups is 1. The highest BCUT2D eigenvalue weighted by Gasteiger charge is 2.17. The van der Waals surface area contributed by atoms with Crippen molar-refractivity contribution in [1.29, 1.82) is 0 Å². The molecule has 3 aromatic rings. The van der Waals surface area contributed by atoms with Crippen molar-refractivity contribution in [3.8, 4) is 5.69 Å². The van der Waals surface area contributed by atoms with Gasteiger partial charge in [0, 0.05) is 27.5 Å². The molecule has 0 amide bonds. The summed E-state index contributed by atoms with van der Waals surface area (Å²) in [5, 5.41) is 1.02. The molecule has 0 saturated heterocycles. The van der Waals surface area contributed by atoms with Crippen LogP contribution in [0.15, 0.2) is 47.4 Å². The molecule has 0 saturated carbocycles. The Hall–Kier alpha value is -1.68. The summed E-state index contributed by atoms with van der Waals surface area (Å²) in [5.41, 5.74) is 5.95. The number of carbonyl (C=O) groups excluding carboxylic acids is 1. The number of aromatic nitrogens is 1. The average molecular weight is 418 g/mol. The average Bonchev–Trinajstić information content (AvgIpc) is 2.92. The summed E-state index contributed by atoms with van der Waals surface area (Å²) < 4.78 is 2.04. The van der Waals surface area contributed by atoms with Gasteiger partial charge < -0.3 is 4.57 Å². The smallest absolute Gasteiger partial charge is 0.174 e. The first-order chi connectivity index (χ1) is 12.8. The number of halogens is 2. The van der Waals surface area contributed by atoms with Crippen LogP contribution in [0.3, 0.4) is 0 Å². The molecule has 0 unspecified atom stereocenters. The fraction of sp³-hybridized carbons (Fsp3) is 0.227. The van der Waals surface area contributed by atoms with E-state index in [-0.39, 0.29) is 5.78 Å². The molecule has 1 heterocycles. The molecule has 0 fully saturated rings. The number of nitrogens with zero attached hydrogens (tertiary/aromatic N) is 1. The highest BCUT2D eigenvalue weighted by atomic mass is 35.5. The Bertz CT molecular complexity index is 1020. The van der Waals surface area contributed by atoms with E-state index in [1.807, 2.05) is 36.6 Å². The molecule has 0 N–H and O–H groups in total. The van der Waals surface area contributed by atoms with Crippen molar-refractivity contribution in [3.05, 3.63) is 80.6 Å². The first-order valence-corrected chi connectivity index (χ1v) is 10.4. The number of ketones is 1. The van der Waals surface area contributed by atoms with Gasteiger partial charge in [0.15, 0.2) is 5.78 Å². The number of thioether (sulfide) groups is 1. The van der Waals surface area contributed by atoms with Gasteiger partial charge in [-0.1, -0.05) is 40.9 Å². The zero-order chi connectivity index (χ0) is 19.7. The third kappa shape index (κ3) is 4.26. The largest absolute Gasteiger partial charge is 0.318 e. The van der Waals surface area contributed by atoms with Gasteiger partial charge in [-0.3, -0.25) is 4.79 Å². The summed E-state index contributed by atoms with van der Waals surface area (Å²) >= 11 is 13.8. The van der Waals surface area contributed by atoms with E-state index in [0.29, 0.717) is 15.8 Å². The van der Waals surface area contributed by atoms with Crippen LogP contribution in [-0.4, -0.2) is 16.1 Å². The molecule has 3 rings (SSSR count). The van der Waals surface area contributed by atoms with Crippen LogP contribution in [0, 0.1) is 27.7 Å². The van der Waals surface area contributed by atoms with Crippen LogP contribution < -0.4 is 0 Å². The zero-order valence-corrected chi connectivity index (χ0v) is 18.1. The predicted molar refractivity (Wildman–Crippen MR) is 116 cm³/mol. The molecule has 0 radical (unpaired) electrons. The van der Waals surface area contributed by atoms with Crippen LogP contribution >= 0.6 is 35.0 Å². The Morgan fingerprint density at radius 2 is 1.70 bits per heavy atom. The van der Waals surface area contributed by atoms with Crippen LogP contribution in [0.25, 0.3) is 5.69 Å². The van der Waals surface area contributed by atoms with Gasteiger partial charge in [-0.05, 0) is 63.6 Å². The van der Waals surface area contributed by atoms with E-state index in [2.05, 4.69) is 32.0 Å². The molecule has 0 atom stereocenters. The van der Waals surface area contributed by atoms with E-state index in [1.165, 1.54) is 11.1 Å². The van der Waals surface area contributed by atoms with Crippen LogP contribution in [0.1, 0.15) is 32.9 Å². The van der Waals surface area contributed by atoms with Gasteiger partial charge in [0.1, 0.15) is 0 Å². The standard InChI is InChI=1S/C22H21Cl2NOS/c1-13-5-6-14(2)22(9-13)27-12-21(26)18-10-15(3)25(16(18)4)17-7-8-19(23)20(24)11-17/h5-11H,12H2,1-4H3. The number of benzene rings is 2. The first-order valence-electron chi connectivity index (χ1n) is 8.65. The Morgan fingerprint density at radius 1 is 0.963 bits per heavy atom. The van der Waals surface area contributed by atoms with Crippen molar-refractivity contribution in [2.75, 3.05) is 5.75 Å². The normalized spacial score (nSPS) is 11.0. The second-order valence-electron chi connectivity index (χ2n) is 6.70. The van der Waals surface area contributed by atoms with E-state index >= 15 is 0 Å². The maximum Gasteiger partial charge on any atom is 0.174 e. The van der Waals surface area contributed by atoms with Crippen molar-refractivity contribution >= 4 is 40.7 Å². The molecule has 1 aromatic heterocycles. The summed E-state index contributed by atoms with van der Waals surface area (Å²) in [4.78, 5) is 14.0. The third-order valence-electron chi connectivity index (χ3n) is 4.60. The third-order valence-corrected chi connectivity index (χ3v) is 6.49. The van der Waals surface area contributed by atoms with E-state index in [9.17, 15) is 4.79 Å². The van der Waals surface area contributed by atoms with Gasteiger partial charge in [0.25, 0.3) is 0 Å². The number of aryl methyl sites for hydroxylation is 3. The highest BCUT2D eigenvalue weighted by molar-refractivity contribution is 8.00. The van der Waals surface area contributed by atoms with Crippen molar-refractivity contribution in [2.24, 2.45) is 0 Å². The lowest BCUT2D eigenvalue weighted by Crippen LogP contribution is -2.06. The summed E-state index contributed by atoms with van der Waals surface area (Å²) in [7, 11) is 0. The lowest BCUT2D eigenvalue weighted by Gasteiger charge is -2.11. The molecule has 140 valence electrons. The number of hydrogen-bond acceptors (Lipinski definition) is 2. The fourth-order valence-corrected chi connectivity index (χ4v) is 4.45. The number of Topliss-reactive ketones (excluding diaryl/α,β-unsaturated/α-hetero) is 1. The molecule has 5 heteroatoms. The van der Waals surface area contributed by atoms with Crippen LogP contribution in [-0.2, 0) is 0 Å². The maximum atomic E-state index is 12.9. The van der Waals surface area contributed by atoms with Crippen molar-refractivity contribution < 1.29 is 4.79 Å². The maximum absolute atomic E-state index is 12.9. The second kappa shape index (κ2) is 8.14. The lowest BCUT2D eigenvalue weighted by molar-refractivity contribution is 0.102. The minimum Gasteiger partial charge on any atom is -0.318 e. The SMILES string of the molecule is Cc1ccc(C)c(SCC(=O)c2cc(C)n(-c3ccc(Cl)c(Cl)c3)c2C)c1. The molecule has 0 aliphatic heterocycles. The lowest BCUT2D eigenvalue weighted by atomic mass is 10.2. The molecule has 0 aliphatic rings. The minimum absolute atomic E-state index is 0.125. The topological polar surface area (TPSA) is 22.0 Å². The summed E-state index contributed by atoms with van der Waals surface area (Å²) in [6, 6.07) is 13.8. The molecule has 0 bridgehead atoms. The molecular weight excluding hydrogens is 397 g/mol. The van der Waals surface area contributed by atoms with Gasteiger partial charge in [-0.2, -0.15) is 0 Å². The second-order valence-corrected chi connectivity index (χ2v) is 8.53. The Kier molecular flexibility index (Phi) is 6.05. The Balaban J connectivity index is 1.86. The predicted octanol–water partition coefficient (Wildman–Crippen LogP) is 6.99. The molecule has 0 spiro atoms. The molecule has 2 aromatic carbocycles. The first kappa shape index (κ1) is 20.1. The Morgan fingerprint density at radius 3 is 2.41 bits per heavy atom. The quantitative estimate of drug-likeness (QED) is 0.329. The number of hydrogen-bond donors (Lipinski definition) is 0. The van der Waals surface area contributed by atoms with Gasteiger partial charge in [0.05, 0.1) is 15.8 Å². The van der Waals surface area contributed by atoms with Gasteiger partial charge in [-0.25, -0.2) is 0 Å². The fourth-order valence-electron chi connectivity index (χ4n) is 3.15. The Labute approximate surface area is 174 Å². The van der Waals surface area contributed by atoms with Crippen LogP contribution in [0.2, 0.25) is 10.0 Å². The van der Waals surface area contributed by atoms with Crippen molar-refractivity contribution in [1.82, 2.24) is 4.57 Å². The van der Waals surface area contributed by atoms with Gasteiger partial charge >= 0.3 is 0 Å².